The van der Waals surface area contributed by atoms with Gasteiger partial charge < -0.3 is 15.5 Å². The van der Waals surface area contributed by atoms with Crippen LogP contribution in [0.5, 0.6) is 0 Å². The summed E-state index contributed by atoms with van der Waals surface area (Å²) < 4.78 is 1.06. The number of rotatable bonds is 3. The van der Waals surface area contributed by atoms with Crippen LogP contribution in [-0.2, 0) is 4.79 Å². The molecule has 1 aromatic heterocycles. The van der Waals surface area contributed by atoms with Crippen LogP contribution in [0.4, 0.5) is 5.00 Å². The zero-order valence-corrected chi connectivity index (χ0v) is 14.8. The molecular formula is C19H21N3O2S. The quantitative estimate of drug-likeness (QED) is 0.890. The first-order chi connectivity index (χ1) is 12.2. The summed E-state index contributed by atoms with van der Waals surface area (Å²) >= 11 is 1.60. The summed E-state index contributed by atoms with van der Waals surface area (Å²) in [4.78, 5) is 26.4. The minimum Gasteiger partial charge on any atom is -0.348 e. The van der Waals surface area contributed by atoms with Crippen LogP contribution < -0.4 is 15.5 Å². The minimum absolute atomic E-state index is 0.00782. The molecule has 0 saturated carbocycles. The van der Waals surface area contributed by atoms with Gasteiger partial charge in [-0.1, -0.05) is 6.07 Å². The number of amides is 2. The number of hydrogen-bond donors (Lipinski definition) is 2. The van der Waals surface area contributed by atoms with Gasteiger partial charge in [0.1, 0.15) is 0 Å². The van der Waals surface area contributed by atoms with E-state index in [1.165, 1.54) is 6.42 Å². The van der Waals surface area contributed by atoms with Crippen LogP contribution in [0.1, 0.15) is 42.5 Å². The summed E-state index contributed by atoms with van der Waals surface area (Å²) in [7, 11) is 0. The molecule has 3 aliphatic heterocycles. The lowest BCUT2D eigenvalue weighted by Gasteiger charge is -2.21. The largest absolute Gasteiger partial charge is 0.348 e. The average Bonchev–Trinajstić information content (AvgIpc) is 3.37. The Morgan fingerprint density at radius 1 is 1.28 bits per heavy atom. The number of carbonyl (C=O) groups is 2. The molecule has 2 aromatic rings. The van der Waals surface area contributed by atoms with E-state index in [-0.39, 0.29) is 17.9 Å². The predicted octanol–water partition coefficient (Wildman–Crippen LogP) is 2.65. The SMILES string of the molecule is O=C(N[C@@H]1C[C@H]2CC[C@@H]1N2)c1ccc2cc(N3CCCC3=O)sc2c1. The maximum Gasteiger partial charge on any atom is 0.251 e. The molecule has 2 N–H and O–H groups in total. The van der Waals surface area contributed by atoms with Gasteiger partial charge in [-0.2, -0.15) is 0 Å². The van der Waals surface area contributed by atoms with Crippen LogP contribution in [0.3, 0.4) is 0 Å². The van der Waals surface area contributed by atoms with Crippen molar-refractivity contribution in [3.05, 3.63) is 29.8 Å². The van der Waals surface area contributed by atoms with Crippen molar-refractivity contribution >= 4 is 38.2 Å². The Labute approximate surface area is 150 Å². The molecule has 130 valence electrons. The molecule has 6 heteroatoms. The summed E-state index contributed by atoms with van der Waals surface area (Å²) in [6.07, 6.45) is 5.00. The number of benzene rings is 1. The van der Waals surface area contributed by atoms with Gasteiger partial charge >= 0.3 is 0 Å². The molecule has 0 unspecified atom stereocenters. The third-order valence-corrected chi connectivity index (χ3v) is 6.85. The van der Waals surface area contributed by atoms with Crippen molar-refractivity contribution in [3.63, 3.8) is 0 Å². The van der Waals surface area contributed by atoms with Gasteiger partial charge in [-0.15, -0.1) is 11.3 Å². The smallest absolute Gasteiger partial charge is 0.251 e. The third kappa shape index (κ3) is 2.64. The molecule has 5 nitrogen and oxygen atoms in total. The lowest BCUT2D eigenvalue weighted by Crippen LogP contribution is -2.42. The molecule has 25 heavy (non-hydrogen) atoms. The molecule has 4 heterocycles. The fourth-order valence-corrected chi connectivity index (χ4v) is 5.55. The Balaban J connectivity index is 1.36. The fraction of sp³-hybridized carbons (Fsp3) is 0.474. The number of fused-ring (bicyclic) bond motifs is 3. The molecule has 0 aliphatic carbocycles. The van der Waals surface area contributed by atoms with Crippen LogP contribution >= 0.6 is 11.3 Å². The molecule has 3 aliphatic rings. The summed E-state index contributed by atoms with van der Waals surface area (Å²) in [6.45, 7) is 0.802. The van der Waals surface area contributed by atoms with Gasteiger partial charge in [-0.25, -0.2) is 0 Å². The molecule has 2 amide bonds. The Morgan fingerprint density at radius 3 is 2.92 bits per heavy atom. The zero-order valence-electron chi connectivity index (χ0n) is 14.0. The van der Waals surface area contributed by atoms with Crippen molar-refractivity contribution in [1.82, 2.24) is 10.6 Å². The van der Waals surface area contributed by atoms with E-state index < -0.39 is 0 Å². The first-order valence-electron chi connectivity index (χ1n) is 9.08. The van der Waals surface area contributed by atoms with Crippen molar-refractivity contribution in [1.29, 1.82) is 0 Å². The van der Waals surface area contributed by atoms with E-state index in [4.69, 9.17) is 0 Å². The van der Waals surface area contributed by atoms with Crippen LogP contribution in [0.15, 0.2) is 24.3 Å². The topological polar surface area (TPSA) is 61.4 Å². The molecule has 0 spiro atoms. The predicted molar refractivity (Wildman–Crippen MR) is 99.2 cm³/mol. The Kier molecular flexibility index (Phi) is 3.57. The third-order valence-electron chi connectivity index (χ3n) is 5.73. The first kappa shape index (κ1) is 15.3. The van der Waals surface area contributed by atoms with Gasteiger partial charge in [-0.05, 0) is 49.3 Å². The van der Waals surface area contributed by atoms with E-state index in [9.17, 15) is 9.59 Å². The van der Waals surface area contributed by atoms with Crippen molar-refractivity contribution in [2.45, 2.75) is 50.2 Å². The van der Waals surface area contributed by atoms with Crippen LogP contribution in [-0.4, -0.2) is 36.5 Å². The van der Waals surface area contributed by atoms with E-state index in [2.05, 4.69) is 16.7 Å². The van der Waals surface area contributed by atoms with E-state index in [0.29, 0.717) is 24.1 Å². The number of anilines is 1. The molecule has 0 radical (unpaired) electrons. The van der Waals surface area contributed by atoms with Crippen LogP contribution in [0, 0.1) is 0 Å². The maximum absolute atomic E-state index is 12.6. The van der Waals surface area contributed by atoms with E-state index in [0.717, 1.165) is 40.9 Å². The van der Waals surface area contributed by atoms with Gasteiger partial charge in [0.15, 0.2) is 0 Å². The minimum atomic E-state index is 0.00782. The van der Waals surface area contributed by atoms with Gasteiger partial charge in [0, 0.05) is 41.4 Å². The summed E-state index contributed by atoms with van der Waals surface area (Å²) in [5.74, 6) is 0.210. The number of thiophene rings is 1. The summed E-state index contributed by atoms with van der Waals surface area (Å²) in [6, 6.07) is 9.17. The summed E-state index contributed by atoms with van der Waals surface area (Å²) in [5.41, 5.74) is 0.705. The normalized spacial score (nSPS) is 28.2. The lowest BCUT2D eigenvalue weighted by atomic mass is 9.95. The number of nitrogens with zero attached hydrogens (tertiary/aromatic N) is 1. The highest BCUT2D eigenvalue weighted by Gasteiger charge is 2.39. The Hall–Kier alpha value is -1.92. The van der Waals surface area contributed by atoms with Crippen molar-refractivity contribution in [3.8, 4) is 0 Å². The van der Waals surface area contributed by atoms with Crippen molar-refractivity contribution < 1.29 is 9.59 Å². The first-order valence-corrected chi connectivity index (χ1v) is 9.90. The second kappa shape index (κ2) is 5.81. The second-order valence-corrected chi connectivity index (χ2v) is 8.41. The highest BCUT2D eigenvalue weighted by Crippen LogP contribution is 2.35. The van der Waals surface area contributed by atoms with Gasteiger partial charge in [0.05, 0.1) is 5.00 Å². The van der Waals surface area contributed by atoms with E-state index in [1.54, 1.807) is 11.3 Å². The average molecular weight is 355 g/mol. The molecular weight excluding hydrogens is 334 g/mol. The fourth-order valence-electron chi connectivity index (χ4n) is 4.41. The Bertz CT molecular complexity index is 861. The molecule has 3 saturated heterocycles. The zero-order chi connectivity index (χ0) is 17.0. The van der Waals surface area contributed by atoms with Crippen molar-refractivity contribution in [2.24, 2.45) is 0 Å². The standard InChI is InChI=1S/C19H21N3O2S/c23-17-2-1-7-22(17)18-9-11-3-4-12(8-16(11)25-18)19(24)21-15-10-13-5-6-14(15)20-13/h3-4,8-9,13-15,20H,1-2,5-7,10H2,(H,21,24)/t13-,14+,15-/m1/s1. The number of nitrogens with one attached hydrogen (secondary N) is 2. The molecule has 2 bridgehead atoms. The van der Waals surface area contributed by atoms with Crippen LogP contribution in [0.2, 0.25) is 0 Å². The monoisotopic (exact) mass is 355 g/mol. The van der Waals surface area contributed by atoms with E-state index >= 15 is 0 Å². The van der Waals surface area contributed by atoms with Crippen molar-refractivity contribution in [2.75, 3.05) is 11.4 Å². The maximum atomic E-state index is 12.6. The Morgan fingerprint density at radius 2 is 2.20 bits per heavy atom. The molecule has 5 rings (SSSR count). The highest BCUT2D eigenvalue weighted by atomic mass is 32.1. The van der Waals surface area contributed by atoms with Gasteiger partial charge in [-0.3, -0.25) is 9.59 Å². The molecule has 1 aromatic carbocycles. The van der Waals surface area contributed by atoms with Gasteiger partial charge in [0.2, 0.25) is 5.91 Å². The number of hydrogen-bond acceptors (Lipinski definition) is 4. The molecule has 3 atom stereocenters. The lowest BCUT2D eigenvalue weighted by molar-refractivity contribution is -0.117. The van der Waals surface area contributed by atoms with Gasteiger partial charge in [0.25, 0.3) is 5.91 Å². The number of carbonyl (C=O) groups excluding carboxylic acids is 2. The second-order valence-electron chi connectivity index (χ2n) is 7.35. The molecule has 3 fully saturated rings. The highest BCUT2D eigenvalue weighted by molar-refractivity contribution is 7.23. The van der Waals surface area contributed by atoms with Crippen LogP contribution in [0.25, 0.3) is 10.1 Å². The summed E-state index contributed by atoms with van der Waals surface area (Å²) in [5, 5.41) is 8.84. The van der Waals surface area contributed by atoms with E-state index in [1.807, 2.05) is 23.1 Å².